The van der Waals surface area contributed by atoms with Crippen LogP contribution >= 0.6 is 0 Å². The van der Waals surface area contributed by atoms with E-state index in [0.717, 1.165) is 57.8 Å². The van der Waals surface area contributed by atoms with Gasteiger partial charge in [0, 0.05) is 25.6 Å². The second-order valence-corrected chi connectivity index (χ2v) is 10.5. The molecular weight excluding hydrogens is 424 g/mol. The van der Waals surface area contributed by atoms with Crippen LogP contribution in [0.5, 0.6) is 0 Å². The smallest absolute Gasteiger partial charge is 0.306 e. The summed E-state index contributed by atoms with van der Waals surface area (Å²) in [6.45, 7) is 4.68. The normalized spacial score (nSPS) is 12.4. The summed E-state index contributed by atoms with van der Waals surface area (Å²) in [5, 5.41) is 18.2. The Morgan fingerprint density at radius 1 is 0.559 bits per heavy atom. The van der Waals surface area contributed by atoms with Crippen LogP contribution in [0.15, 0.2) is 0 Å². The van der Waals surface area contributed by atoms with Gasteiger partial charge in [0.1, 0.15) is 6.10 Å². The van der Waals surface area contributed by atoms with E-state index in [1.54, 1.807) is 0 Å². The number of hydrogen-bond acceptors (Lipinski definition) is 4. The third kappa shape index (κ3) is 23.1. The van der Waals surface area contributed by atoms with E-state index >= 15 is 0 Å². The minimum atomic E-state index is 0.00709. The first kappa shape index (κ1) is 33.4. The Morgan fingerprint density at radius 2 is 0.941 bits per heavy atom. The van der Waals surface area contributed by atoms with Gasteiger partial charge < -0.3 is 14.9 Å². The van der Waals surface area contributed by atoms with Crippen molar-refractivity contribution in [3.8, 4) is 0 Å². The summed E-state index contributed by atoms with van der Waals surface area (Å²) >= 11 is 0. The number of aliphatic hydroxyl groups is 2. The average Bonchev–Trinajstić information content (AvgIpc) is 2.84. The molecule has 2 N–H and O–H groups in total. The standard InChI is InChI=1S/C30H60O4/c1-3-5-7-9-11-16-20-24-29(23-19-15-10-8-6-4-2)34-30(33)25-21-17-13-12-14-18-22-28(26-31)27-32/h28-29,31-32H,3-27H2,1-2H3. The van der Waals surface area contributed by atoms with Gasteiger partial charge in [-0.3, -0.25) is 4.79 Å². The summed E-state index contributed by atoms with van der Waals surface area (Å²) in [6, 6.07) is 0. The first-order chi connectivity index (χ1) is 16.7. The van der Waals surface area contributed by atoms with Crippen LogP contribution in [-0.4, -0.2) is 35.5 Å². The summed E-state index contributed by atoms with van der Waals surface area (Å²) in [6.07, 6.45) is 27.0. The highest BCUT2D eigenvalue weighted by Gasteiger charge is 2.14. The molecule has 0 spiro atoms. The fourth-order valence-electron chi connectivity index (χ4n) is 4.64. The van der Waals surface area contributed by atoms with Gasteiger partial charge in [0.25, 0.3) is 0 Å². The van der Waals surface area contributed by atoms with Crippen molar-refractivity contribution in [2.45, 2.75) is 168 Å². The summed E-state index contributed by atoms with van der Waals surface area (Å²) in [5.41, 5.74) is 0. The minimum Gasteiger partial charge on any atom is -0.462 e. The fourth-order valence-corrected chi connectivity index (χ4v) is 4.64. The number of carbonyl (C=O) groups is 1. The van der Waals surface area contributed by atoms with Crippen molar-refractivity contribution < 1.29 is 19.7 Å². The SMILES string of the molecule is CCCCCCCCCC(CCCCCCCC)OC(=O)CCCCCCCCC(CO)CO. The number of hydrogen-bond donors (Lipinski definition) is 2. The van der Waals surface area contributed by atoms with Crippen LogP contribution in [0, 0.1) is 5.92 Å². The maximum Gasteiger partial charge on any atom is 0.306 e. The van der Waals surface area contributed by atoms with E-state index in [2.05, 4.69) is 13.8 Å². The first-order valence-electron chi connectivity index (χ1n) is 15.1. The topological polar surface area (TPSA) is 66.8 Å². The predicted octanol–water partition coefficient (Wildman–Crippen LogP) is 8.51. The Morgan fingerprint density at radius 3 is 1.38 bits per heavy atom. The fraction of sp³-hybridized carbons (Fsp3) is 0.967. The maximum atomic E-state index is 12.4. The van der Waals surface area contributed by atoms with Crippen molar-refractivity contribution >= 4 is 5.97 Å². The number of rotatable bonds is 27. The second-order valence-electron chi connectivity index (χ2n) is 10.5. The number of aliphatic hydroxyl groups excluding tert-OH is 2. The van der Waals surface area contributed by atoms with Crippen molar-refractivity contribution in [3.05, 3.63) is 0 Å². The Labute approximate surface area is 212 Å². The van der Waals surface area contributed by atoms with E-state index in [4.69, 9.17) is 14.9 Å². The van der Waals surface area contributed by atoms with Crippen molar-refractivity contribution in [3.63, 3.8) is 0 Å². The highest BCUT2D eigenvalue weighted by molar-refractivity contribution is 5.69. The molecule has 0 rings (SSSR count). The Balaban J connectivity index is 3.99. The maximum absolute atomic E-state index is 12.4. The van der Waals surface area contributed by atoms with E-state index in [9.17, 15) is 4.79 Å². The highest BCUT2D eigenvalue weighted by atomic mass is 16.5. The molecule has 0 fully saturated rings. The third-order valence-electron chi connectivity index (χ3n) is 7.07. The van der Waals surface area contributed by atoms with Crippen molar-refractivity contribution in [1.29, 1.82) is 0 Å². The molecule has 0 aliphatic carbocycles. The van der Waals surface area contributed by atoms with Gasteiger partial charge in [0.2, 0.25) is 0 Å². The van der Waals surface area contributed by atoms with Crippen LogP contribution in [-0.2, 0) is 9.53 Å². The molecule has 0 saturated carbocycles. The van der Waals surface area contributed by atoms with Crippen LogP contribution in [0.4, 0.5) is 0 Å². The Hall–Kier alpha value is -0.610. The van der Waals surface area contributed by atoms with E-state index in [1.807, 2.05) is 0 Å². The third-order valence-corrected chi connectivity index (χ3v) is 7.07. The van der Waals surface area contributed by atoms with Gasteiger partial charge in [0.05, 0.1) is 0 Å². The van der Waals surface area contributed by atoms with Crippen molar-refractivity contribution in [1.82, 2.24) is 0 Å². The van der Waals surface area contributed by atoms with Gasteiger partial charge in [-0.1, -0.05) is 117 Å². The van der Waals surface area contributed by atoms with Gasteiger partial charge in [-0.2, -0.15) is 0 Å². The zero-order valence-electron chi connectivity index (χ0n) is 23.0. The van der Waals surface area contributed by atoms with Crippen LogP contribution < -0.4 is 0 Å². The molecule has 4 heteroatoms. The van der Waals surface area contributed by atoms with Gasteiger partial charge >= 0.3 is 5.97 Å². The molecular formula is C30H60O4. The highest BCUT2D eigenvalue weighted by Crippen LogP contribution is 2.18. The van der Waals surface area contributed by atoms with Gasteiger partial charge in [-0.25, -0.2) is 0 Å². The molecule has 34 heavy (non-hydrogen) atoms. The zero-order chi connectivity index (χ0) is 25.1. The van der Waals surface area contributed by atoms with E-state index < -0.39 is 0 Å². The second kappa shape index (κ2) is 27.0. The summed E-state index contributed by atoms with van der Waals surface area (Å²) in [5.74, 6) is 0.0489. The summed E-state index contributed by atoms with van der Waals surface area (Å²) in [4.78, 5) is 12.4. The Kier molecular flexibility index (Phi) is 26.5. The molecule has 0 heterocycles. The lowest BCUT2D eigenvalue weighted by Gasteiger charge is -2.18. The summed E-state index contributed by atoms with van der Waals surface area (Å²) < 4.78 is 5.93. The molecule has 0 aromatic heterocycles. The molecule has 0 bridgehead atoms. The van der Waals surface area contributed by atoms with Crippen molar-refractivity contribution in [2.75, 3.05) is 13.2 Å². The molecule has 0 amide bonds. The molecule has 0 aliphatic rings. The van der Waals surface area contributed by atoms with Gasteiger partial charge in [-0.15, -0.1) is 0 Å². The van der Waals surface area contributed by atoms with Crippen LogP contribution in [0.1, 0.15) is 162 Å². The number of esters is 1. The molecule has 0 aromatic carbocycles. The lowest BCUT2D eigenvalue weighted by molar-refractivity contribution is -0.150. The monoisotopic (exact) mass is 484 g/mol. The van der Waals surface area contributed by atoms with E-state index in [1.165, 1.54) is 83.5 Å². The van der Waals surface area contributed by atoms with E-state index in [-0.39, 0.29) is 31.2 Å². The Bertz CT molecular complexity index is 409. The van der Waals surface area contributed by atoms with E-state index in [0.29, 0.717) is 6.42 Å². The van der Waals surface area contributed by atoms with Gasteiger partial charge in [0.15, 0.2) is 0 Å². The molecule has 0 aliphatic heterocycles. The number of ether oxygens (including phenoxy) is 1. The predicted molar refractivity (Wildman–Crippen MR) is 145 cm³/mol. The van der Waals surface area contributed by atoms with Crippen LogP contribution in [0.2, 0.25) is 0 Å². The van der Waals surface area contributed by atoms with Gasteiger partial charge in [-0.05, 0) is 38.5 Å². The molecule has 1 atom stereocenters. The van der Waals surface area contributed by atoms with Crippen molar-refractivity contribution in [2.24, 2.45) is 5.92 Å². The first-order valence-corrected chi connectivity index (χ1v) is 15.1. The molecule has 204 valence electrons. The lowest BCUT2D eigenvalue weighted by atomic mass is 10.0. The summed E-state index contributed by atoms with van der Waals surface area (Å²) in [7, 11) is 0. The molecule has 0 aromatic rings. The van der Waals surface area contributed by atoms with Crippen LogP contribution in [0.25, 0.3) is 0 Å². The molecule has 4 nitrogen and oxygen atoms in total. The quantitative estimate of drug-likeness (QED) is 0.0905. The molecule has 0 radical (unpaired) electrons. The largest absolute Gasteiger partial charge is 0.462 e. The molecule has 1 unspecified atom stereocenters. The van der Waals surface area contributed by atoms with Crippen LogP contribution in [0.3, 0.4) is 0 Å². The number of carbonyl (C=O) groups excluding carboxylic acids is 1. The minimum absolute atomic E-state index is 0.00709. The lowest BCUT2D eigenvalue weighted by Crippen LogP contribution is -2.18. The number of unbranched alkanes of at least 4 members (excludes halogenated alkanes) is 16. The average molecular weight is 485 g/mol. The zero-order valence-corrected chi connectivity index (χ0v) is 23.0. The molecule has 0 saturated heterocycles.